The monoisotopic (exact) mass is 247 g/mol. The van der Waals surface area contributed by atoms with E-state index in [9.17, 15) is 8.42 Å². The Hall–Kier alpha value is -0.0900. The van der Waals surface area contributed by atoms with Crippen molar-refractivity contribution < 1.29 is 8.42 Å². The second kappa shape index (κ2) is 5.05. The van der Waals surface area contributed by atoms with Crippen LogP contribution < -0.4 is 5.73 Å². The molecule has 0 saturated heterocycles. The van der Waals surface area contributed by atoms with E-state index in [1.807, 2.05) is 6.92 Å². The zero-order valence-electron chi connectivity index (χ0n) is 10.7. The van der Waals surface area contributed by atoms with E-state index in [0.29, 0.717) is 5.75 Å². The van der Waals surface area contributed by atoms with Crippen molar-refractivity contribution in [2.24, 2.45) is 11.1 Å². The molecule has 2 N–H and O–H groups in total. The Morgan fingerprint density at radius 3 is 2.56 bits per heavy atom. The molecule has 0 spiro atoms. The minimum atomic E-state index is -2.99. The third kappa shape index (κ3) is 3.45. The van der Waals surface area contributed by atoms with Crippen LogP contribution in [-0.4, -0.2) is 25.5 Å². The van der Waals surface area contributed by atoms with Crippen LogP contribution in [0.2, 0.25) is 0 Å². The van der Waals surface area contributed by atoms with Gasteiger partial charge in [-0.1, -0.05) is 27.2 Å². The topological polar surface area (TPSA) is 60.2 Å². The first-order chi connectivity index (χ1) is 7.28. The number of nitrogens with two attached hydrogens (primary N) is 1. The second-order valence-corrected chi connectivity index (χ2v) is 8.17. The van der Waals surface area contributed by atoms with E-state index in [1.165, 1.54) is 0 Å². The van der Waals surface area contributed by atoms with E-state index >= 15 is 0 Å². The van der Waals surface area contributed by atoms with Gasteiger partial charge in [0.25, 0.3) is 0 Å². The van der Waals surface area contributed by atoms with Crippen LogP contribution in [0.25, 0.3) is 0 Å². The van der Waals surface area contributed by atoms with Gasteiger partial charge in [-0.25, -0.2) is 8.42 Å². The summed E-state index contributed by atoms with van der Waals surface area (Å²) in [6.07, 6.45) is 4.27. The molecule has 0 aromatic heterocycles. The van der Waals surface area contributed by atoms with Gasteiger partial charge in [0.1, 0.15) is 0 Å². The summed E-state index contributed by atoms with van der Waals surface area (Å²) in [5.41, 5.74) is 6.10. The summed E-state index contributed by atoms with van der Waals surface area (Å²) in [5.74, 6) is 0.304. The van der Waals surface area contributed by atoms with Gasteiger partial charge in [-0.05, 0) is 31.1 Å². The molecule has 0 heterocycles. The average molecular weight is 247 g/mol. The maximum Gasteiger partial charge on any atom is 0.154 e. The Labute approximate surface area is 99.7 Å². The first-order valence-electron chi connectivity index (χ1n) is 6.26. The first kappa shape index (κ1) is 14.0. The van der Waals surface area contributed by atoms with Crippen molar-refractivity contribution >= 4 is 9.84 Å². The van der Waals surface area contributed by atoms with Crippen molar-refractivity contribution in [1.82, 2.24) is 0 Å². The first-order valence-corrected chi connectivity index (χ1v) is 7.97. The molecule has 3 nitrogen and oxygen atoms in total. The van der Waals surface area contributed by atoms with Crippen molar-refractivity contribution in [3.8, 4) is 0 Å². The van der Waals surface area contributed by atoms with Gasteiger partial charge in [0, 0.05) is 6.04 Å². The highest BCUT2D eigenvalue weighted by Gasteiger charge is 2.39. The number of sulfone groups is 1. The summed E-state index contributed by atoms with van der Waals surface area (Å²) in [4.78, 5) is 0. The summed E-state index contributed by atoms with van der Waals surface area (Å²) in [7, 11) is -2.99. The molecule has 0 aliphatic heterocycles. The summed E-state index contributed by atoms with van der Waals surface area (Å²) < 4.78 is 24.3. The van der Waals surface area contributed by atoms with E-state index in [-0.39, 0.29) is 16.7 Å². The predicted octanol–water partition coefficient (Wildman–Crippen LogP) is 2.11. The van der Waals surface area contributed by atoms with E-state index in [1.54, 1.807) is 0 Å². The predicted molar refractivity (Wildman–Crippen MR) is 68.1 cm³/mol. The van der Waals surface area contributed by atoms with E-state index in [2.05, 4.69) is 13.8 Å². The van der Waals surface area contributed by atoms with Crippen LogP contribution in [0, 0.1) is 5.41 Å². The molecule has 0 aromatic rings. The van der Waals surface area contributed by atoms with Crippen LogP contribution in [-0.2, 0) is 9.84 Å². The Morgan fingerprint density at radius 2 is 2.00 bits per heavy atom. The smallest absolute Gasteiger partial charge is 0.154 e. The lowest BCUT2D eigenvalue weighted by atomic mass is 9.75. The Balaban J connectivity index is 2.76. The van der Waals surface area contributed by atoms with Gasteiger partial charge in [-0.2, -0.15) is 0 Å². The minimum Gasteiger partial charge on any atom is -0.327 e. The lowest BCUT2D eigenvalue weighted by Gasteiger charge is -2.38. The highest BCUT2D eigenvalue weighted by atomic mass is 32.2. The fraction of sp³-hybridized carbons (Fsp3) is 1.00. The molecule has 2 atom stereocenters. The fourth-order valence-corrected chi connectivity index (χ4v) is 4.80. The van der Waals surface area contributed by atoms with Gasteiger partial charge in [0.05, 0.1) is 11.0 Å². The van der Waals surface area contributed by atoms with Crippen LogP contribution in [0.15, 0.2) is 0 Å². The molecule has 96 valence electrons. The lowest BCUT2D eigenvalue weighted by molar-refractivity contribution is 0.227. The number of rotatable bonds is 4. The summed E-state index contributed by atoms with van der Waals surface area (Å²) in [6.45, 7) is 6.29. The lowest BCUT2D eigenvalue weighted by Crippen LogP contribution is -2.48. The maximum atomic E-state index is 12.2. The molecule has 1 saturated carbocycles. The largest absolute Gasteiger partial charge is 0.327 e. The average Bonchev–Trinajstić information content (AvgIpc) is 2.19. The Bertz CT molecular complexity index is 322. The summed E-state index contributed by atoms with van der Waals surface area (Å²) >= 11 is 0. The standard InChI is InChI=1S/C12H25NO2S/c1-4-5-8-16(14,15)11-9-12(2,3)7-6-10(11)13/h10-11H,4-9,13H2,1-3H3. The van der Waals surface area contributed by atoms with Crippen LogP contribution >= 0.6 is 0 Å². The quantitative estimate of drug-likeness (QED) is 0.827. The molecule has 0 radical (unpaired) electrons. The van der Waals surface area contributed by atoms with Gasteiger partial charge >= 0.3 is 0 Å². The third-order valence-corrected chi connectivity index (χ3v) is 5.93. The van der Waals surface area contributed by atoms with Crippen molar-refractivity contribution in [2.75, 3.05) is 5.75 Å². The summed E-state index contributed by atoms with van der Waals surface area (Å²) in [5, 5.41) is -0.317. The maximum absolute atomic E-state index is 12.2. The molecular weight excluding hydrogens is 222 g/mol. The molecule has 0 aromatic carbocycles. The molecule has 0 amide bonds. The Kier molecular flexibility index (Phi) is 4.41. The fourth-order valence-electron chi connectivity index (χ4n) is 2.43. The van der Waals surface area contributed by atoms with Gasteiger partial charge < -0.3 is 5.73 Å². The zero-order valence-corrected chi connectivity index (χ0v) is 11.5. The molecule has 4 heteroatoms. The number of hydrogen-bond acceptors (Lipinski definition) is 3. The summed E-state index contributed by atoms with van der Waals surface area (Å²) in [6, 6.07) is -0.158. The van der Waals surface area contributed by atoms with Gasteiger partial charge in [-0.15, -0.1) is 0 Å². The Morgan fingerprint density at radius 1 is 1.38 bits per heavy atom. The van der Waals surface area contributed by atoms with Gasteiger partial charge in [0.2, 0.25) is 0 Å². The molecule has 1 rings (SSSR count). The van der Waals surface area contributed by atoms with E-state index in [4.69, 9.17) is 5.73 Å². The molecule has 2 unspecified atom stereocenters. The minimum absolute atomic E-state index is 0.125. The van der Waals surface area contributed by atoms with Crippen molar-refractivity contribution in [3.05, 3.63) is 0 Å². The normalized spacial score (nSPS) is 30.2. The molecule has 1 aliphatic rings. The van der Waals surface area contributed by atoms with Crippen LogP contribution in [0.5, 0.6) is 0 Å². The number of hydrogen-bond donors (Lipinski definition) is 1. The van der Waals surface area contributed by atoms with Gasteiger partial charge in [0.15, 0.2) is 9.84 Å². The molecule has 1 aliphatic carbocycles. The third-order valence-electron chi connectivity index (χ3n) is 3.63. The van der Waals surface area contributed by atoms with E-state index < -0.39 is 9.84 Å². The van der Waals surface area contributed by atoms with Crippen molar-refractivity contribution in [2.45, 2.75) is 64.2 Å². The molecule has 0 bridgehead atoms. The molecule has 16 heavy (non-hydrogen) atoms. The highest BCUT2D eigenvalue weighted by molar-refractivity contribution is 7.92. The second-order valence-electron chi connectivity index (χ2n) is 5.83. The number of unbranched alkanes of at least 4 members (excludes halogenated alkanes) is 1. The molecule has 1 fully saturated rings. The van der Waals surface area contributed by atoms with Gasteiger partial charge in [-0.3, -0.25) is 0 Å². The molecular formula is C12H25NO2S. The van der Waals surface area contributed by atoms with E-state index in [0.717, 1.165) is 32.1 Å². The van der Waals surface area contributed by atoms with Crippen molar-refractivity contribution in [3.63, 3.8) is 0 Å². The van der Waals surface area contributed by atoms with Crippen LogP contribution in [0.4, 0.5) is 0 Å². The van der Waals surface area contributed by atoms with Crippen LogP contribution in [0.3, 0.4) is 0 Å². The van der Waals surface area contributed by atoms with Crippen LogP contribution in [0.1, 0.15) is 52.9 Å². The van der Waals surface area contributed by atoms with Crippen molar-refractivity contribution in [1.29, 1.82) is 0 Å². The SMILES string of the molecule is CCCCS(=O)(=O)C1CC(C)(C)CCC1N. The zero-order chi connectivity index (χ0) is 12.4. The highest BCUT2D eigenvalue weighted by Crippen LogP contribution is 2.37.